The molecule has 0 saturated heterocycles. The molecule has 0 fully saturated rings. The summed E-state index contributed by atoms with van der Waals surface area (Å²) in [7, 11) is -3.80. The van der Waals surface area contributed by atoms with Crippen LogP contribution in [0.2, 0.25) is 10.0 Å². The summed E-state index contributed by atoms with van der Waals surface area (Å²) in [6, 6.07) is 9.39. The maximum Gasteiger partial charge on any atom is 0.244 e. The molecule has 1 N–H and O–H groups in total. The lowest BCUT2D eigenvalue weighted by Crippen LogP contribution is -2.52. The van der Waals surface area contributed by atoms with Crippen molar-refractivity contribution in [2.24, 2.45) is 0 Å². The lowest BCUT2D eigenvalue weighted by Gasteiger charge is -2.33. The molecular formula is C26H35Cl2N3O4S. The molecule has 7 nitrogen and oxygen atoms in total. The molecule has 0 unspecified atom stereocenters. The molecule has 2 rings (SSSR count). The van der Waals surface area contributed by atoms with E-state index in [0.717, 1.165) is 34.5 Å². The van der Waals surface area contributed by atoms with Crippen molar-refractivity contribution in [1.29, 1.82) is 0 Å². The summed E-state index contributed by atoms with van der Waals surface area (Å²) in [6.07, 6.45) is 3.10. The molecule has 2 aromatic carbocycles. The number of nitrogens with zero attached hydrogens (tertiary/aromatic N) is 2. The van der Waals surface area contributed by atoms with Gasteiger partial charge in [0, 0.05) is 28.7 Å². The lowest BCUT2D eigenvalue weighted by molar-refractivity contribution is -0.140. The first-order valence-corrected chi connectivity index (χ1v) is 14.6. The summed E-state index contributed by atoms with van der Waals surface area (Å²) in [5.41, 5.74) is 2.77. The van der Waals surface area contributed by atoms with Crippen molar-refractivity contribution in [1.82, 2.24) is 10.2 Å². The normalized spacial score (nSPS) is 12.2. The molecule has 10 heteroatoms. The van der Waals surface area contributed by atoms with Crippen molar-refractivity contribution in [3.63, 3.8) is 0 Å². The summed E-state index contributed by atoms with van der Waals surface area (Å²) in [6.45, 7) is 7.59. The standard InChI is InChI=1S/C26H35Cl2N3O4S/c1-6-8-14-29-26(33)24(7-2)30(16-21-22(27)10-9-11-23(21)28)25(32)17-31(36(5,34)35)20-13-12-18(3)19(4)15-20/h9-13,15,24H,6-8,14,16-17H2,1-5H3,(H,29,33)/t24-/m0/s1. The first-order valence-electron chi connectivity index (χ1n) is 12.0. The van der Waals surface area contributed by atoms with E-state index in [2.05, 4.69) is 5.32 Å². The van der Waals surface area contributed by atoms with Gasteiger partial charge in [-0.1, -0.05) is 55.6 Å². The van der Waals surface area contributed by atoms with Crippen LogP contribution in [-0.4, -0.2) is 50.5 Å². The number of unbranched alkanes of at least 4 members (excludes halogenated alkanes) is 1. The van der Waals surface area contributed by atoms with Gasteiger partial charge in [0.05, 0.1) is 11.9 Å². The number of benzene rings is 2. The van der Waals surface area contributed by atoms with Crippen molar-refractivity contribution in [2.75, 3.05) is 23.7 Å². The topological polar surface area (TPSA) is 86.8 Å². The van der Waals surface area contributed by atoms with Crippen LogP contribution in [0, 0.1) is 13.8 Å². The maximum absolute atomic E-state index is 13.7. The Bertz CT molecular complexity index is 1170. The fourth-order valence-electron chi connectivity index (χ4n) is 3.77. The first-order chi connectivity index (χ1) is 16.9. The summed E-state index contributed by atoms with van der Waals surface area (Å²) in [5.74, 6) is -0.841. The molecular weight excluding hydrogens is 521 g/mol. The number of amides is 2. The van der Waals surface area contributed by atoms with Gasteiger partial charge in [-0.05, 0) is 62.1 Å². The van der Waals surface area contributed by atoms with E-state index in [4.69, 9.17) is 23.2 Å². The second-order valence-corrected chi connectivity index (χ2v) is 11.5. The Kier molecular flexibility index (Phi) is 11.1. The van der Waals surface area contributed by atoms with E-state index in [0.29, 0.717) is 34.3 Å². The number of hydrogen-bond acceptors (Lipinski definition) is 4. The van der Waals surface area contributed by atoms with E-state index in [1.165, 1.54) is 4.90 Å². The molecule has 0 saturated carbocycles. The third-order valence-electron chi connectivity index (χ3n) is 6.06. The molecule has 1 atom stereocenters. The maximum atomic E-state index is 13.7. The number of sulfonamides is 1. The Hall–Kier alpha value is -2.29. The van der Waals surface area contributed by atoms with Gasteiger partial charge in [0.25, 0.3) is 0 Å². The molecule has 0 aliphatic heterocycles. The third-order valence-corrected chi connectivity index (χ3v) is 7.91. The van der Waals surface area contributed by atoms with Gasteiger partial charge in [0.1, 0.15) is 12.6 Å². The van der Waals surface area contributed by atoms with Gasteiger partial charge < -0.3 is 10.2 Å². The number of hydrogen-bond donors (Lipinski definition) is 1. The van der Waals surface area contributed by atoms with E-state index in [1.54, 1.807) is 37.3 Å². The van der Waals surface area contributed by atoms with Crippen LogP contribution in [0.15, 0.2) is 36.4 Å². The van der Waals surface area contributed by atoms with Crippen molar-refractivity contribution >= 4 is 50.7 Å². The van der Waals surface area contributed by atoms with Crippen molar-refractivity contribution in [3.05, 3.63) is 63.1 Å². The van der Waals surface area contributed by atoms with Crippen LogP contribution < -0.4 is 9.62 Å². The Morgan fingerprint density at radius 3 is 2.19 bits per heavy atom. The average molecular weight is 557 g/mol. The number of halogens is 2. The van der Waals surface area contributed by atoms with Crippen LogP contribution in [0.3, 0.4) is 0 Å². The zero-order valence-electron chi connectivity index (χ0n) is 21.5. The van der Waals surface area contributed by atoms with Crippen LogP contribution in [0.5, 0.6) is 0 Å². The molecule has 0 bridgehead atoms. The van der Waals surface area contributed by atoms with E-state index in [1.807, 2.05) is 26.8 Å². The number of anilines is 1. The van der Waals surface area contributed by atoms with E-state index >= 15 is 0 Å². The fraction of sp³-hybridized carbons (Fsp3) is 0.462. The fourth-order valence-corrected chi connectivity index (χ4v) is 5.13. The van der Waals surface area contributed by atoms with E-state index < -0.39 is 28.5 Å². The molecule has 0 heterocycles. The van der Waals surface area contributed by atoms with Crippen LogP contribution in [0.4, 0.5) is 5.69 Å². The number of carbonyl (C=O) groups is 2. The molecule has 0 aromatic heterocycles. The summed E-state index contributed by atoms with van der Waals surface area (Å²) < 4.78 is 26.5. The zero-order chi connectivity index (χ0) is 27.0. The highest BCUT2D eigenvalue weighted by molar-refractivity contribution is 7.92. The minimum Gasteiger partial charge on any atom is -0.354 e. The summed E-state index contributed by atoms with van der Waals surface area (Å²) >= 11 is 12.8. The Morgan fingerprint density at radius 1 is 1.03 bits per heavy atom. The van der Waals surface area contributed by atoms with Gasteiger partial charge in [-0.15, -0.1) is 0 Å². The van der Waals surface area contributed by atoms with Crippen molar-refractivity contribution in [2.45, 2.75) is 59.5 Å². The molecule has 0 radical (unpaired) electrons. The van der Waals surface area contributed by atoms with Gasteiger partial charge in [0.15, 0.2) is 0 Å². The molecule has 0 aliphatic rings. The third kappa shape index (κ3) is 7.85. The number of rotatable bonds is 12. The quantitative estimate of drug-likeness (QED) is 0.369. The number of carbonyl (C=O) groups excluding carboxylic acids is 2. The number of nitrogens with one attached hydrogen (secondary N) is 1. The Balaban J connectivity index is 2.48. The highest BCUT2D eigenvalue weighted by Gasteiger charge is 2.32. The van der Waals surface area contributed by atoms with E-state index in [-0.39, 0.29) is 12.5 Å². The molecule has 2 amide bonds. The summed E-state index contributed by atoms with van der Waals surface area (Å²) in [5, 5.41) is 3.60. The number of aryl methyl sites for hydroxylation is 2. The Labute approximate surface area is 224 Å². The highest BCUT2D eigenvalue weighted by Crippen LogP contribution is 2.28. The predicted molar refractivity (Wildman–Crippen MR) is 147 cm³/mol. The van der Waals surface area contributed by atoms with Gasteiger partial charge in [-0.3, -0.25) is 13.9 Å². The predicted octanol–water partition coefficient (Wildman–Crippen LogP) is 5.10. The Morgan fingerprint density at radius 2 is 1.67 bits per heavy atom. The van der Waals surface area contributed by atoms with Gasteiger partial charge >= 0.3 is 0 Å². The van der Waals surface area contributed by atoms with Crippen molar-refractivity contribution in [3.8, 4) is 0 Å². The van der Waals surface area contributed by atoms with Crippen LogP contribution in [0.25, 0.3) is 0 Å². The largest absolute Gasteiger partial charge is 0.354 e. The highest BCUT2D eigenvalue weighted by atomic mass is 35.5. The molecule has 2 aromatic rings. The molecule has 0 spiro atoms. The molecule has 0 aliphatic carbocycles. The minimum atomic E-state index is -3.80. The zero-order valence-corrected chi connectivity index (χ0v) is 23.8. The van der Waals surface area contributed by atoms with Gasteiger partial charge in [-0.2, -0.15) is 0 Å². The SMILES string of the molecule is CCCCNC(=O)[C@H](CC)N(Cc1c(Cl)cccc1Cl)C(=O)CN(c1ccc(C)c(C)c1)S(C)(=O)=O. The lowest BCUT2D eigenvalue weighted by atomic mass is 10.1. The van der Waals surface area contributed by atoms with Crippen LogP contribution >= 0.6 is 23.2 Å². The van der Waals surface area contributed by atoms with Crippen LogP contribution in [0.1, 0.15) is 49.8 Å². The van der Waals surface area contributed by atoms with Gasteiger partial charge in [-0.25, -0.2) is 8.42 Å². The first kappa shape index (κ1) is 29.9. The monoisotopic (exact) mass is 555 g/mol. The second kappa shape index (κ2) is 13.3. The summed E-state index contributed by atoms with van der Waals surface area (Å²) in [4.78, 5) is 28.2. The second-order valence-electron chi connectivity index (χ2n) is 8.83. The molecule has 36 heavy (non-hydrogen) atoms. The smallest absolute Gasteiger partial charge is 0.244 e. The van der Waals surface area contributed by atoms with Gasteiger partial charge in [0.2, 0.25) is 21.8 Å². The average Bonchev–Trinajstić information content (AvgIpc) is 2.80. The van der Waals surface area contributed by atoms with Crippen LogP contribution in [-0.2, 0) is 26.2 Å². The molecule has 198 valence electrons. The minimum absolute atomic E-state index is 0.0401. The van der Waals surface area contributed by atoms with Crippen molar-refractivity contribution < 1.29 is 18.0 Å². The van der Waals surface area contributed by atoms with E-state index in [9.17, 15) is 18.0 Å².